The van der Waals surface area contributed by atoms with Gasteiger partial charge >= 0.3 is 25.4 Å². The molecule has 2 heterocycles. The first-order valence-corrected chi connectivity index (χ1v) is 17.0. The van der Waals surface area contributed by atoms with Gasteiger partial charge in [-0.05, 0) is 76.3 Å². The molecule has 0 aromatic carbocycles. The normalized spacial score (nSPS) is 12.3. The Morgan fingerprint density at radius 3 is 1.71 bits per heavy atom. The summed E-state index contributed by atoms with van der Waals surface area (Å²) in [5, 5.41) is 39.9. The van der Waals surface area contributed by atoms with Gasteiger partial charge in [0.05, 0.1) is 41.3 Å². The first-order chi connectivity index (χ1) is 25.9. The Morgan fingerprint density at radius 1 is 0.786 bits per heavy atom. The number of carbonyl (C=O) groups is 5. The Balaban J connectivity index is 0. The SMILES string of the molecule is COC(=O)[C@H](C)NC(=O)CNC(=O)[C@H](CC(C)C)NC(=O)[C@H](CCCCN(Cc1ccccn1)Cc1ccccn1)NC(=O)[C@H](C)N.O=[N+]([O-])[O-].O=[N+]([O-])[O-].[Zn+2]. The molecule has 56 heavy (non-hydrogen) atoms. The summed E-state index contributed by atoms with van der Waals surface area (Å²) >= 11 is 0. The molecule has 2 aromatic heterocycles. The van der Waals surface area contributed by atoms with Crippen LogP contribution in [0.4, 0.5) is 0 Å². The maximum absolute atomic E-state index is 13.5. The molecule has 2 aromatic rings. The molecule has 4 amide bonds. The first-order valence-electron chi connectivity index (χ1n) is 17.0. The molecule has 0 aliphatic heterocycles. The summed E-state index contributed by atoms with van der Waals surface area (Å²) in [6.07, 6.45) is 5.43. The van der Waals surface area contributed by atoms with Gasteiger partial charge in [0.25, 0.3) is 0 Å². The number of esters is 1. The van der Waals surface area contributed by atoms with Crippen LogP contribution in [0.15, 0.2) is 48.8 Å². The summed E-state index contributed by atoms with van der Waals surface area (Å²) in [7, 11) is 1.21. The molecule has 0 unspecified atom stereocenters. The number of rotatable bonds is 20. The number of nitrogens with one attached hydrogen (secondary N) is 4. The van der Waals surface area contributed by atoms with Gasteiger partial charge in [0.2, 0.25) is 23.6 Å². The Labute approximate surface area is 336 Å². The van der Waals surface area contributed by atoms with Crippen LogP contribution < -0.4 is 27.0 Å². The van der Waals surface area contributed by atoms with Crippen LogP contribution >= 0.6 is 0 Å². The number of ether oxygens (including phenoxy) is 1. The van der Waals surface area contributed by atoms with Crippen LogP contribution in [0.3, 0.4) is 0 Å². The van der Waals surface area contributed by atoms with Crippen molar-refractivity contribution in [2.75, 3.05) is 20.2 Å². The van der Waals surface area contributed by atoms with Crippen LogP contribution in [-0.2, 0) is 61.3 Å². The quantitative estimate of drug-likeness (QED) is 0.0394. The second-order valence-electron chi connectivity index (χ2n) is 12.4. The molecule has 6 N–H and O–H groups in total. The number of nitrogens with zero attached hydrogens (tertiary/aromatic N) is 5. The van der Waals surface area contributed by atoms with Gasteiger partial charge in [0.1, 0.15) is 18.1 Å². The summed E-state index contributed by atoms with van der Waals surface area (Å²) in [5.74, 6) is -2.76. The van der Waals surface area contributed by atoms with E-state index in [1.54, 1.807) is 12.4 Å². The average Bonchev–Trinajstić information content (AvgIpc) is 3.11. The summed E-state index contributed by atoms with van der Waals surface area (Å²) < 4.78 is 4.59. The minimum Gasteiger partial charge on any atom is -0.467 e. The second-order valence-corrected chi connectivity index (χ2v) is 12.4. The van der Waals surface area contributed by atoms with E-state index in [1.807, 2.05) is 50.2 Å². The molecule has 4 atom stereocenters. The van der Waals surface area contributed by atoms with Crippen LogP contribution in [0.1, 0.15) is 64.8 Å². The predicted octanol–water partition coefficient (Wildman–Crippen LogP) is 0.325. The van der Waals surface area contributed by atoms with Gasteiger partial charge < -0.3 is 62.4 Å². The van der Waals surface area contributed by atoms with E-state index in [9.17, 15) is 24.0 Å². The number of hydrogen-bond donors (Lipinski definition) is 5. The van der Waals surface area contributed by atoms with Crippen molar-refractivity contribution < 1.29 is 58.4 Å². The molecule has 306 valence electrons. The number of methoxy groups -OCH3 is 1. The average molecular weight is 844 g/mol. The van der Waals surface area contributed by atoms with Crippen molar-refractivity contribution in [3.05, 3.63) is 90.8 Å². The van der Waals surface area contributed by atoms with E-state index in [4.69, 9.17) is 36.4 Å². The second kappa shape index (κ2) is 29.9. The minimum atomic E-state index is -1.75. The van der Waals surface area contributed by atoms with Gasteiger partial charge in [0, 0.05) is 25.5 Å². The van der Waals surface area contributed by atoms with Crippen molar-refractivity contribution in [1.82, 2.24) is 36.1 Å². The topological polar surface area (TPSA) is 330 Å². The molecule has 0 aliphatic rings. The van der Waals surface area contributed by atoms with E-state index in [0.29, 0.717) is 45.3 Å². The van der Waals surface area contributed by atoms with Crippen molar-refractivity contribution >= 4 is 29.6 Å². The summed E-state index contributed by atoms with van der Waals surface area (Å²) in [6, 6.07) is 7.94. The van der Waals surface area contributed by atoms with Crippen molar-refractivity contribution in [2.45, 2.75) is 90.6 Å². The fraction of sp³-hybridized carbons (Fsp3) is 0.545. The number of hydrogen-bond acceptors (Lipinski definition) is 16. The van der Waals surface area contributed by atoms with E-state index in [0.717, 1.165) is 11.4 Å². The van der Waals surface area contributed by atoms with Crippen molar-refractivity contribution in [2.24, 2.45) is 11.7 Å². The van der Waals surface area contributed by atoms with Gasteiger partial charge in [0.15, 0.2) is 0 Å². The number of unbranched alkanes of at least 4 members (excludes halogenated alkanes) is 1. The van der Waals surface area contributed by atoms with Crippen molar-refractivity contribution in [3.63, 3.8) is 0 Å². The molecule has 0 fully saturated rings. The Morgan fingerprint density at radius 2 is 1.29 bits per heavy atom. The summed E-state index contributed by atoms with van der Waals surface area (Å²) in [4.78, 5) is 90.6. The molecule has 23 heteroatoms. The third-order valence-corrected chi connectivity index (χ3v) is 7.18. The van der Waals surface area contributed by atoms with E-state index in [1.165, 1.54) is 21.0 Å². The van der Waals surface area contributed by atoms with Gasteiger partial charge in [-0.2, -0.15) is 0 Å². The third kappa shape index (κ3) is 26.4. The van der Waals surface area contributed by atoms with Gasteiger partial charge in [-0.15, -0.1) is 0 Å². The van der Waals surface area contributed by atoms with E-state index in [-0.39, 0.29) is 25.4 Å². The maximum Gasteiger partial charge on any atom is 2.00 e. The molecular weight excluding hydrogens is 794 g/mol. The Bertz CT molecular complexity index is 1430. The van der Waals surface area contributed by atoms with Crippen LogP contribution in [0.2, 0.25) is 0 Å². The van der Waals surface area contributed by atoms with Crippen molar-refractivity contribution in [1.29, 1.82) is 0 Å². The summed E-state index contributed by atoms with van der Waals surface area (Å²) in [5.41, 5.74) is 7.63. The number of pyridine rings is 2. The number of amides is 4. The largest absolute Gasteiger partial charge is 2.00 e. The number of aromatic nitrogens is 2. The monoisotopic (exact) mass is 842 g/mol. The molecule has 2 rings (SSSR count). The van der Waals surface area contributed by atoms with Crippen LogP contribution in [0.5, 0.6) is 0 Å². The van der Waals surface area contributed by atoms with Gasteiger partial charge in [-0.3, -0.25) is 34.0 Å². The molecule has 22 nitrogen and oxygen atoms in total. The number of nitrogens with two attached hydrogens (primary N) is 1. The van der Waals surface area contributed by atoms with Gasteiger partial charge in [-0.1, -0.05) is 26.0 Å². The number of carbonyl (C=O) groups excluding carboxylic acids is 5. The zero-order chi connectivity index (χ0) is 41.9. The molecular formula is C33H50N10O12Zn. The Kier molecular flexibility index (Phi) is 28.1. The summed E-state index contributed by atoms with van der Waals surface area (Å²) in [6.45, 7) is 8.31. The third-order valence-electron chi connectivity index (χ3n) is 7.18. The van der Waals surface area contributed by atoms with Crippen molar-refractivity contribution in [3.8, 4) is 0 Å². The molecule has 0 saturated carbocycles. The van der Waals surface area contributed by atoms with E-state index in [2.05, 4.69) is 40.9 Å². The molecule has 0 bridgehead atoms. The maximum atomic E-state index is 13.5. The fourth-order valence-electron chi connectivity index (χ4n) is 4.71. The van der Waals surface area contributed by atoms with Gasteiger partial charge in [-0.25, -0.2) is 4.79 Å². The molecule has 0 aliphatic carbocycles. The minimum absolute atomic E-state index is 0. The standard InChI is InChI=1S/C33H50N8O6.2NO3.Zn/c1-22(2)18-28(31(44)37-19-29(42)38-24(4)33(46)47-5)40-32(45)27(39-30(43)23(3)34)14-8-11-17-41(20-25-12-6-9-15-35-25)21-26-13-7-10-16-36-26;2*2-1(3)4;/h6-7,9-10,12-13,15-16,22-24,27-28H,8,11,14,17-21,34H2,1-5H3,(H,37,44)(H,38,42)(H,39,43)(H,40,45);;;/q;2*-1;+2/t23-,24-,27-,28-;;;/m0.../s1. The molecule has 0 saturated heterocycles. The first kappa shape index (κ1) is 52.7. The molecule has 0 radical (unpaired) electrons. The Hall–Kier alpha value is -5.41. The molecule has 0 spiro atoms. The predicted molar refractivity (Wildman–Crippen MR) is 197 cm³/mol. The fourth-order valence-corrected chi connectivity index (χ4v) is 4.71. The zero-order valence-corrected chi connectivity index (χ0v) is 35.0. The van der Waals surface area contributed by atoms with Crippen LogP contribution in [0.25, 0.3) is 0 Å². The smallest absolute Gasteiger partial charge is 0.467 e. The van der Waals surface area contributed by atoms with Crippen LogP contribution in [0, 0.1) is 36.6 Å². The zero-order valence-electron chi connectivity index (χ0n) is 32.1. The van der Waals surface area contributed by atoms with E-state index < -0.39 is 70.5 Å². The van der Waals surface area contributed by atoms with E-state index >= 15 is 0 Å². The van der Waals surface area contributed by atoms with Crippen LogP contribution in [-0.4, -0.2) is 99.0 Å².